The number of hydrogen-bond donors (Lipinski definition) is 2. The van der Waals surface area contributed by atoms with E-state index in [1.807, 2.05) is 30.3 Å². The summed E-state index contributed by atoms with van der Waals surface area (Å²) in [6.45, 7) is 4.66. The average Bonchev–Trinajstić information content (AvgIpc) is 2.69. The summed E-state index contributed by atoms with van der Waals surface area (Å²) in [5.41, 5.74) is 8.14. The number of methoxy groups -OCH3 is 2. The number of nitrogens with two attached hydrogens (primary N) is 1. The van der Waals surface area contributed by atoms with Crippen LogP contribution in [0.2, 0.25) is 0 Å². The highest BCUT2D eigenvalue weighted by molar-refractivity contribution is 5.52. The predicted octanol–water partition coefficient (Wildman–Crippen LogP) is 4.08. The normalized spacial score (nSPS) is 13.3. The summed E-state index contributed by atoms with van der Waals surface area (Å²) in [4.78, 5) is 0. The van der Waals surface area contributed by atoms with Crippen molar-refractivity contribution in [2.45, 2.75) is 45.4 Å². The van der Waals surface area contributed by atoms with Crippen LogP contribution in [-0.4, -0.2) is 25.4 Å². The zero-order chi connectivity index (χ0) is 19.8. The first-order chi connectivity index (χ1) is 13.0. The summed E-state index contributed by atoms with van der Waals surface area (Å²) in [5, 5.41) is 10.6. The largest absolute Gasteiger partial charge is 0.493 e. The zero-order valence-electron chi connectivity index (χ0n) is 16.6. The van der Waals surface area contributed by atoms with Crippen molar-refractivity contribution < 1.29 is 19.3 Å². The summed E-state index contributed by atoms with van der Waals surface area (Å²) in [6, 6.07) is 12.9. The Bertz CT molecular complexity index is 703. The Balaban J connectivity index is 2.28. The fourth-order valence-corrected chi connectivity index (χ4v) is 2.89. The van der Waals surface area contributed by atoms with Gasteiger partial charge < -0.3 is 25.1 Å². The summed E-state index contributed by atoms with van der Waals surface area (Å²) >= 11 is 0. The molecular weight excluding hydrogens is 342 g/mol. The molecule has 0 saturated heterocycles. The molecule has 0 aliphatic carbocycles. The summed E-state index contributed by atoms with van der Waals surface area (Å²) < 4.78 is 16.8. The predicted molar refractivity (Wildman–Crippen MR) is 107 cm³/mol. The fraction of sp³-hybridized carbons (Fsp3) is 0.455. The Hall–Kier alpha value is -2.24. The lowest BCUT2D eigenvalue weighted by Crippen LogP contribution is -2.27. The molecule has 0 saturated carbocycles. The smallest absolute Gasteiger partial charge is 0.164 e. The highest BCUT2D eigenvalue weighted by Crippen LogP contribution is 2.38. The first-order valence-electron chi connectivity index (χ1n) is 9.32. The topological polar surface area (TPSA) is 73.9 Å². The molecule has 0 unspecified atom stereocenters. The summed E-state index contributed by atoms with van der Waals surface area (Å²) in [7, 11) is 3.16. The van der Waals surface area contributed by atoms with Crippen LogP contribution in [0.4, 0.5) is 0 Å². The number of benzene rings is 2. The lowest BCUT2D eigenvalue weighted by atomic mass is 9.95. The SMILES string of the molecule is COc1cc(OCc2ccccc2)c([C@@H](N)[C@@H](O)CCC(C)C)cc1OC. The molecule has 0 spiro atoms. The lowest BCUT2D eigenvalue weighted by Gasteiger charge is -2.24. The highest BCUT2D eigenvalue weighted by atomic mass is 16.5. The third-order valence-electron chi connectivity index (χ3n) is 4.57. The molecule has 0 bridgehead atoms. The van der Waals surface area contributed by atoms with E-state index in [0.29, 0.717) is 41.8 Å². The van der Waals surface area contributed by atoms with Gasteiger partial charge in [-0.15, -0.1) is 0 Å². The van der Waals surface area contributed by atoms with Gasteiger partial charge in [-0.05, 0) is 30.4 Å². The molecule has 5 nitrogen and oxygen atoms in total. The van der Waals surface area contributed by atoms with Gasteiger partial charge in [0, 0.05) is 11.6 Å². The van der Waals surface area contributed by atoms with Crippen LogP contribution in [0.3, 0.4) is 0 Å². The number of hydrogen-bond acceptors (Lipinski definition) is 5. The number of aliphatic hydroxyl groups is 1. The van der Waals surface area contributed by atoms with Gasteiger partial charge in [0.05, 0.1) is 26.4 Å². The quantitative estimate of drug-likeness (QED) is 0.656. The van der Waals surface area contributed by atoms with Gasteiger partial charge in [0.15, 0.2) is 11.5 Å². The van der Waals surface area contributed by atoms with Crippen LogP contribution < -0.4 is 19.9 Å². The highest BCUT2D eigenvalue weighted by Gasteiger charge is 2.23. The second-order valence-corrected chi connectivity index (χ2v) is 7.08. The van der Waals surface area contributed by atoms with Crippen molar-refractivity contribution in [3.63, 3.8) is 0 Å². The Labute approximate surface area is 162 Å². The minimum Gasteiger partial charge on any atom is -0.493 e. The van der Waals surface area contributed by atoms with E-state index in [-0.39, 0.29) is 0 Å². The molecule has 0 aliphatic heterocycles. The minimum absolute atomic E-state index is 0.401. The number of ether oxygens (including phenoxy) is 3. The van der Waals surface area contributed by atoms with E-state index in [1.54, 1.807) is 26.4 Å². The molecule has 2 rings (SSSR count). The first kappa shape index (κ1) is 21.1. The van der Waals surface area contributed by atoms with Crippen LogP contribution in [0, 0.1) is 5.92 Å². The molecule has 5 heteroatoms. The van der Waals surface area contributed by atoms with E-state index >= 15 is 0 Å². The van der Waals surface area contributed by atoms with Gasteiger partial charge in [0.1, 0.15) is 12.4 Å². The zero-order valence-corrected chi connectivity index (χ0v) is 16.6. The molecule has 148 valence electrons. The Morgan fingerprint density at radius 2 is 1.56 bits per heavy atom. The maximum Gasteiger partial charge on any atom is 0.164 e. The molecule has 0 aromatic heterocycles. The Morgan fingerprint density at radius 1 is 0.926 bits per heavy atom. The third-order valence-corrected chi connectivity index (χ3v) is 4.57. The Kier molecular flexibility index (Phi) is 7.95. The monoisotopic (exact) mass is 373 g/mol. The van der Waals surface area contributed by atoms with E-state index in [0.717, 1.165) is 12.0 Å². The van der Waals surface area contributed by atoms with Gasteiger partial charge >= 0.3 is 0 Å². The number of aliphatic hydroxyl groups excluding tert-OH is 1. The van der Waals surface area contributed by atoms with E-state index in [1.165, 1.54) is 0 Å². The summed E-state index contributed by atoms with van der Waals surface area (Å²) in [5.74, 6) is 2.22. The van der Waals surface area contributed by atoms with Gasteiger partial charge in [-0.1, -0.05) is 44.2 Å². The van der Waals surface area contributed by atoms with E-state index < -0.39 is 12.1 Å². The lowest BCUT2D eigenvalue weighted by molar-refractivity contribution is 0.126. The van der Waals surface area contributed by atoms with Crippen molar-refractivity contribution in [1.82, 2.24) is 0 Å². The van der Waals surface area contributed by atoms with Crippen molar-refractivity contribution in [1.29, 1.82) is 0 Å². The molecule has 27 heavy (non-hydrogen) atoms. The van der Waals surface area contributed by atoms with Gasteiger partial charge in [-0.25, -0.2) is 0 Å². The van der Waals surface area contributed by atoms with Crippen LogP contribution in [0.1, 0.15) is 43.9 Å². The van der Waals surface area contributed by atoms with Crippen LogP contribution in [0.25, 0.3) is 0 Å². The van der Waals surface area contributed by atoms with Gasteiger partial charge in [-0.2, -0.15) is 0 Å². The second-order valence-electron chi connectivity index (χ2n) is 7.08. The van der Waals surface area contributed by atoms with Crippen LogP contribution in [0.5, 0.6) is 17.2 Å². The van der Waals surface area contributed by atoms with Crippen molar-refractivity contribution in [3.8, 4) is 17.2 Å². The maximum atomic E-state index is 10.6. The van der Waals surface area contributed by atoms with Gasteiger partial charge in [0.25, 0.3) is 0 Å². The molecule has 2 aromatic rings. The van der Waals surface area contributed by atoms with Crippen molar-refractivity contribution in [2.24, 2.45) is 11.7 Å². The molecule has 0 amide bonds. The van der Waals surface area contributed by atoms with E-state index in [9.17, 15) is 5.11 Å². The van der Waals surface area contributed by atoms with E-state index in [2.05, 4.69) is 13.8 Å². The number of rotatable bonds is 10. The molecule has 3 N–H and O–H groups in total. The maximum absolute atomic E-state index is 10.6. The van der Waals surface area contributed by atoms with Crippen LogP contribution in [-0.2, 0) is 6.61 Å². The van der Waals surface area contributed by atoms with Gasteiger partial charge in [-0.3, -0.25) is 0 Å². The fourth-order valence-electron chi connectivity index (χ4n) is 2.89. The second kappa shape index (κ2) is 10.2. The Morgan fingerprint density at radius 3 is 2.15 bits per heavy atom. The molecular formula is C22H31NO4. The molecule has 2 aromatic carbocycles. The average molecular weight is 373 g/mol. The summed E-state index contributed by atoms with van der Waals surface area (Å²) in [6.07, 6.45) is 0.873. The van der Waals surface area contributed by atoms with Crippen molar-refractivity contribution >= 4 is 0 Å². The van der Waals surface area contributed by atoms with Crippen molar-refractivity contribution in [2.75, 3.05) is 14.2 Å². The molecule has 0 radical (unpaired) electrons. The molecule has 2 atom stereocenters. The standard InChI is InChI=1S/C22H31NO4/c1-15(2)10-11-18(24)22(23)17-12-20(25-3)21(26-4)13-19(17)27-14-16-8-6-5-7-9-16/h5-9,12-13,15,18,22,24H,10-11,14,23H2,1-4H3/t18-,22+/m0/s1. The minimum atomic E-state index is -0.662. The van der Waals surface area contributed by atoms with Gasteiger partial charge in [0.2, 0.25) is 0 Å². The molecule has 0 fully saturated rings. The molecule has 0 heterocycles. The first-order valence-corrected chi connectivity index (χ1v) is 9.32. The van der Waals surface area contributed by atoms with Crippen molar-refractivity contribution in [3.05, 3.63) is 53.6 Å². The third kappa shape index (κ3) is 5.88. The van der Waals surface area contributed by atoms with Crippen LogP contribution in [0.15, 0.2) is 42.5 Å². The van der Waals surface area contributed by atoms with Crippen LogP contribution >= 0.6 is 0 Å². The molecule has 0 aliphatic rings. The van der Waals surface area contributed by atoms with E-state index in [4.69, 9.17) is 19.9 Å².